The van der Waals surface area contributed by atoms with Gasteiger partial charge in [0, 0.05) is 50.0 Å². The lowest BCUT2D eigenvalue weighted by atomic mass is 9.96. The number of hydrogen-bond donors (Lipinski definition) is 0. The van der Waals surface area contributed by atoms with Crippen LogP contribution >= 0.6 is 0 Å². The van der Waals surface area contributed by atoms with E-state index in [-0.39, 0.29) is 0 Å². The normalized spacial score (nSPS) is 11.5. The van der Waals surface area contributed by atoms with Gasteiger partial charge >= 0.3 is 0 Å². The number of aromatic nitrogens is 2. The maximum atomic E-state index is 2.38. The minimum Gasteiger partial charge on any atom is -0.311 e. The third kappa shape index (κ3) is 6.21. The molecule has 2 heterocycles. The maximum absolute atomic E-state index is 2.38. The fourth-order valence-electron chi connectivity index (χ4n) is 9.69. The van der Waals surface area contributed by atoms with Gasteiger partial charge in [0.2, 0.25) is 0 Å². The molecule has 0 aliphatic carbocycles. The van der Waals surface area contributed by atoms with Crippen molar-refractivity contribution in [3.05, 3.63) is 249 Å². The van der Waals surface area contributed by atoms with Crippen LogP contribution in [0.3, 0.4) is 0 Å². The van der Waals surface area contributed by atoms with Crippen LogP contribution in [-0.2, 0) is 0 Å². The first-order valence-electron chi connectivity index (χ1n) is 21.6. The van der Waals surface area contributed by atoms with Crippen molar-refractivity contribution in [1.82, 2.24) is 9.13 Å². The summed E-state index contributed by atoms with van der Waals surface area (Å²) in [6.07, 6.45) is 0. The molecule has 0 bridgehead atoms. The van der Waals surface area contributed by atoms with Crippen LogP contribution in [0.2, 0.25) is 0 Å². The average Bonchev–Trinajstić information content (AvgIpc) is 3.89. The van der Waals surface area contributed by atoms with E-state index in [1.165, 1.54) is 82.7 Å². The van der Waals surface area contributed by atoms with Crippen LogP contribution < -0.4 is 4.90 Å². The molecule has 63 heavy (non-hydrogen) atoms. The van der Waals surface area contributed by atoms with E-state index in [4.69, 9.17) is 0 Å². The van der Waals surface area contributed by atoms with E-state index in [0.717, 1.165) is 22.7 Å². The van der Waals surface area contributed by atoms with Gasteiger partial charge < -0.3 is 14.0 Å². The van der Waals surface area contributed by atoms with Crippen LogP contribution in [-0.4, -0.2) is 9.13 Å². The van der Waals surface area contributed by atoms with E-state index in [9.17, 15) is 0 Å². The fraction of sp³-hybridized carbons (Fsp3) is 0. The number of rotatable bonds is 8. The second-order valence-electron chi connectivity index (χ2n) is 16.1. The Labute approximate surface area is 366 Å². The van der Waals surface area contributed by atoms with Gasteiger partial charge in [0.1, 0.15) is 0 Å². The Morgan fingerprint density at radius 3 is 1.03 bits per heavy atom. The van der Waals surface area contributed by atoms with Gasteiger partial charge in [0.15, 0.2) is 0 Å². The van der Waals surface area contributed by atoms with E-state index in [2.05, 4.69) is 263 Å². The summed E-state index contributed by atoms with van der Waals surface area (Å²) in [5, 5.41) is 5.05. The second-order valence-corrected chi connectivity index (χ2v) is 16.1. The predicted molar refractivity (Wildman–Crippen MR) is 266 cm³/mol. The molecule has 0 N–H and O–H groups in total. The molecule has 0 saturated heterocycles. The Bertz CT molecular complexity index is 3570. The molecule has 0 saturated carbocycles. The van der Waals surface area contributed by atoms with E-state index >= 15 is 0 Å². The molecule has 12 aromatic rings. The van der Waals surface area contributed by atoms with Crippen LogP contribution in [0.4, 0.5) is 17.1 Å². The van der Waals surface area contributed by atoms with Crippen LogP contribution in [0.25, 0.3) is 88.4 Å². The van der Waals surface area contributed by atoms with Gasteiger partial charge in [-0.3, -0.25) is 0 Å². The second kappa shape index (κ2) is 15.3. The molecule has 10 aromatic carbocycles. The quantitative estimate of drug-likeness (QED) is 0.149. The third-order valence-electron chi connectivity index (χ3n) is 12.5. The van der Waals surface area contributed by atoms with Gasteiger partial charge in [-0.1, -0.05) is 164 Å². The van der Waals surface area contributed by atoms with Gasteiger partial charge in [0.25, 0.3) is 0 Å². The van der Waals surface area contributed by atoms with Gasteiger partial charge in [0.05, 0.1) is 22.1 Å². The molecule has 0 aliphatic heterocycles. The number of benzene rings is 10. The smallest absolute Gasteiger partial charge is 0.0547 e. The van der Waals surface area contributed by atoms with Gasteiger partial charge in [-0.05, 0) is 118 Å². The minimum absolute atomic E-state index is 1.10. The summed E-state index contributed by atoms with van der Waals surface area (Å²) in [5.74, 6) is 0. The number of fused-ring (bicyclic) bond motifs is 6. The summed E-state index contributed by atoms with van der Waals surface area (Å²) in [6, 6.07) is 89.8. The molecular formula is C60H41N3. The molecule has 12 rings (SSSR count). The first-order chi connectivity index (χ1) is 31.3. The van der Waals surface area contributed by atoms with Crippen LogP contribution in [0.1, 0.15) is 0 Å². The number of nitrogens with zero attached hydrogens (tertiary/aromatic N) is 3. The highest BCUT2D eigenvalue weighted by molar-refractivity contribution is 6.17. The molecule has 0 radical (unpaired) electrons. The van der Waals surface area contributed by atoms with Gasteiger partial charge in [-0.15, -0.1) is 0 Å². The number of anilines is 3. The molecule has 3 heteroatoms. The van der Waals surface area contributed by atoms with Gasteiger partial charge in [-0.25, -0.2) is 0 Å². The first-order valence-corrected chi connectivity index (χ1v) is 21.6. The zero-order chi connectivity index (χ0) is 41.7. The zero-order valence-electron chi connectivity index (χ0n) is 34.5. The van der Waals surface area contributed by atoms with Crippen molar-refractivity contribution in [2.75, 3.05) is 4.90 Å². The van der Waals surface area contributed by atoms with Crippen molar-refractivity contribution in [3.63, 3.8) is 0 Å². The number of para-hydroxylation sites is 5. The molecule has 3 nitrogen and oxygen atoms in total. The summed E-state index contributed by atoms with van der Waals surface area (Å²) in [7, 11) is 0. The lowest BCUT2D eigenvalue weighted by molar-refractivity contribution is 1.18. The molecule has 0 unspecified atom stereocenters. The van der Waals surface area contributed by atoms with Crippen LogP contribution in [0, 0.1) is 0 Å². The highest BCUT2D eigenvalue weighted by Gasteiger charge is 2.19. The van der Waals surface area contributed by atoms with Crippen molar-refractivity contribution < 1.29 is 0 Å². The Balaban J connectivity index is 0.877. The Hall–Kier alpha value is -8.40. The standard InChI is InChI=1S/C60H41N3/c1-4-16-46(17-5-1)61(50-40-36-45(37-41-50)52-25-15-29-58-60(52)54-23-11-13-27-56(54)63(58)48-20-8-3-9-21-48)49-38-34-43(35-39-49)42-30-32-44(33-31-42)51-24-14-28-57-59(51)53-22-10-12-26-55(53)62(57)47-18-6-2-7-19-47/h1-41H. The molecule has 0 spiro atoms. The van der Waals surface area contributed by atoms with Crippen molar-refractivity contribution in [3.8, 4) is 44.8 Å². The number of hydrogen-bond acceptors (Lipinski definition) is 1. The van der Waals surface area contributed by atoms with E-state index < -0.39 is 0 Å². The zero-order valence-corrected chi connectivity index (χ0v) is 34.5. The lowest BCUT2D eigenvalue weighted by Crippen LogP contribution is -2.09. The minimum atomic E-state index is 1.10. The van der Waals surface area contributed by atoms with E-state index in [1.54, 1.807) is 0 Å². The Kier molecular flexibility index (Phi) is 8.83. The lowest BCUT2D eigenvalue weighted by Gasteiger charge is -2.26. The molecular weight excluding hydrogens is 763 g/mol. The monoisotopic (exact) mass is 803 g/mol. The Morgan fingerprint density at radius 2 is 0.571 bits per heavy atom. The molecule has 0 aliphatic rings. The molecule has 0 fully saturated rings. The molecule has 296 valence electrons. The van der Waals surface area contributed by atoms with Crippen molar-refractivity contribution in [2.45, 2.75) is 0 Å². The maximum Gasteiger partial charge on any atom is 0.0547 e. The third-order valence-corrected chi connectivity index (χ3v) is 12.5. The topological polar surface area (TPSA) is 13.1 Å². The largest absolute Gasteiger partial charge is 0.311 e. The average molecular weight is 804 g/mol. The summed E-state index contributed by atoms with van der Waals surface area (Å²) in [6.45, 7) is 0. The summed E-state index contributed by atoms with van der Waals surface area (Å²) in [4.78, 5) is 2.34. The fourth-order valence-corrected chi connectivity index (χ4v) is 9.69. The first kappa shape index (κ1) is 36.5. The Morgan fingerprint density at radius 1 is 0.238 bits per heavy atom. The van der Waals surface area contributed by atoms with Crippen molar-refractivity contribution in [1.29, 1.82) is 0 Å². The van der Waals surface area contributed by atoms with E-state index in [0.29, 0.717) is 0 Å². The highest BCUT2D eigenvalue weighted by atomic mass is 15.1. The highest BCUT2D eigenvalue weighted by Crippen LogP contribution is 2.42. The van der Waals surface area contributed by atoms with Crippen LogP contribution in [0.5, 0.6) is 0 Å². The summed E-state index contributed by atoms with van der Waals surface area (Å²) < 4.78 is 4.76. The van der Waals surface area contributed by atoms with Crippen LogP contribution in [0.15, 0.2) is 249 Å². The summed E-state index contributed by atoms with van der Waals surface area (Å²) >= 11 is 0. The molecule has 0 atom stereocenters. The van der Waals surface area contributed by atoms with E-state index in [1.807, 2.05) is 0 Å². The van der Waals surface area contributed by atoms with Crippen molar-refractivity contribution in [2.24, 2.45) is 0 Å². The SMILES string of the molecule is c1ccc(N(c2ccc(-c3ccc(-c4cccc5c4c4ccccc4n5-c4ccccc4)cc3)cc2)c2ccc(-c3cccc4c3c3ccccc3n4-c3ccccc3)cc2)cc1. The molecule has 2 aromatic heterocycles. The van der Waals surface area contributed by atoms with Crippen molar-refractivity contribution >= 4 is 60.7 Å². The predicted octanol–water partition coefficient (Wildman–Crippen LogP) is 16.4. The molecule has 0 amide bonds. The van der Waals surface area contributed by atoms with Gasteiger partial charge in [-0.2, -0.15) is 0 Å². The summed E-state index contributed by atoms with van der Waals surface area (Å²) in [5.41, 5.74) is 17.7.